The lowest BCUT2D eigenvalue weighted by Gasteiger charge is -2.34. The monoisotopic (exact) mass is 423 g/mol. The third kappa shape index (κ3) is 6.94. The molecule has 1 atom stereocenters. The molecule has 0 spiro atoms. The Morgan fingerprint density at radius 2 is 1.77 bits per heavy atom. The van der Waals surface area contributed by atoms with Crippen molar-refractivity contribution in [2.75, 3.05) is 45.3 Å². The number of rotatable bonds is 8. The van der Waals surface area contributed by atoms with E-state index in [1.54, 1.807) is 25.3 Å². The molecule has 0 radical (unpaired) electrons. The Balaban J connectivity index is 1.61. The number of anilines is 1. The Morgan fingerprint density at radius 3 is 2.39 bits per heavy atom. The largest absolute Gasteiger partial charge is 0.497 e. The van der Waals surface area contributed by atoms with Gasteiger partial charge in [0.05, 0.1) is 26.4 Å². The molecule has 0 aliphatic carbocycles. The van der Waals surface area contributed by atoms with Gasteiger partial charge in [-0.05, 0) is 41.5 Å². The Labute approximate surface area is 183 Å². The first-order valence-electron chi connectivity index (χ1n) is 10.3. The zero-order valence-electron chi connectivity index (χ0n) is 18.0. The summed E-state index contributed by atoms with van der Waals surface area (Å²) in [5, 5.41) is 5.74. The summed E-state index contributed by atoms with van der Waals surface area (Å²) in [6.07, 6.45) is 3.28. The van der Waals surface area contributed by atoms with Gasteiger partial charge in [0.2, 0.25) is 11.8 Å². The highest BCUT2D eigenvalue weighted by atomic mass is 16.5. The Kier molecular flexibility index (Phi) is 8.20. The first kappa shape index (κ1) is 22.5. The number of carbonyl (C=O) groups is 2. The van der Waals surface area contributed by atoms with Gasteiger partial charge in [0.15, 0.2) is 0 Å². The summed E-state index contributed by atoms with van der Waals surface area (Å²) in [5.41, 5.74) is 2.73. The predicted molar refractivity (Wildman–Crippen MR) is 121 cm³/mol. The second-order valence-corrected chi connectivity index (χ2v) is 7.32. The molecule has 1 saturated heterocycles. The number of amides is 2. The maximum Gasteiger partial charge on any atom is 0.244 e. The Bertz CT molecular complexity index is 888. The normalized spacial score (nSPS) is 15.4. The van der Waals surface area contributed by atoms with Crippen LogP contribution in [0.5, 0.6) is 5.75 Å². The topological polar surface area (TPSA) is 79.9 Å². The van der Waals surface area contributed by atoms with E-state index in [0.717, 1.165) is 35.7 Å². The van der Waals surface area contributed by atoms with Gasteiger partial charge in [0.1, 0.15) is 5.75 Å². The van der Waals surface area contributed by atoms with Crippen molar-refractivity contribution in [1.29, 1.82) is 0 Å². The molecular weight excluding hydrogens is 394 g/mol. The summed E-state index contributed by atoms with van der Waals surface area (Å²) in [6, 6.07) is 15.3. The van der Waals surface area contributed by atoms with Crippen LogP contribution in [0, 0.1) is 0 Å². The molecule has 0 saturated carbocycles. The van der Waals surface area contributed by atoms with Crippen LogP contribution in [0.3, 0.4) is 0 Å². The zero-order chi connectivity index (χ0) is 22.1. The van der Waals surface area contributed by atoms with Crippen molar-refractivity contribution >= 4 is 23.6 Å². The zero-order valence-corrected chi connectivity index (χ0v) is 18.0. The van der Waals surface area contributed by atoms with Crippen molar-refractivity contribution in [3.05, 3.63) is 65.7 Å². The highest BCUT2D eigenvalue weighted by Gasteiger charge is 2.23. The van der Waals surface area contributed by atoms with E-state index in [1.165, 1.54) is 13.0 Å². The van der Waals surface area contributed by atoms with E-state index in [-0.39, 0.29) is 17.9 Å². The van der Waals surface area contributed by atoms with Gasteiger partial charge >= 0.3 is 0 Å². The fraction of sp³-hybridized carbons (Fsp3) is 0.333. The number of nitrogens with one attached hydrogen (secondary N) is 2. The van der Waals surface area contributed by atoms with E-state index in [9.17, 15) is 9.59 Å². The molecule has 2 aromatic rings. The lowest BCUT2D eigenvalue weighted by Crippen LogP contribution is -2.43. The number of nitrogens with zero attached hydrogens (tertiary/aromatic N) is 1. The Hall–Kier alpha value is -3.16. The maximum absolute atomic E-state index is 12.4. The number of carbonyl (C=O) groups excluding carboxylic acids is 2. The standard InChI is InChI=1S/C24H29N3O4/c1-18(28)26-21-8-3-19(4-9-21)5-12-24(29)25-17-23(27-13-15-31-16-14-27)20-6-10-22(30-2)11-7-20/h3-12,23H,13-17H2,1-2H3,(H,25,29)(H,26,28). The maximum atomic E-state index is 12.4. The van der Waals surface area contributed by atoms with E-state index in [0.29, 0.717) is 19.8 Å². The minimum atomic E-state index is -0.155. The van der Waals surface area contributed by atoms with Crippen molar-refractivity contribution in [2.24, 2.45) is 0 Å². The fourth-order valence-electron chi connectivity index (χ4n) is 3.48. The first-order valence-corrected chi connectivity index (χ1v) is 10.3. The summed E-state index contributed by atoms with van der Waals surface area (Å²) < 4.78 is 10.7. The lowest BCUT2D eigenvalue weighted by atomic mass is 10.0. The predicted octanol–water partition coefficient (Wildman–Crippen LogP) is 2.86. The van der Waals surface area contributed by atoms with Crippen molar-refractivity contribution in [3.63, 3.8) is 0 Å². The molecule has 2 amide bonds. The van der Waals surface area contributed by atoms with Gasteiger partial charge in [-0.2, -0.15) is 0 Å². The third-order valence-electron chi connectivity index (χ3n) is 5.11. The van der Waals surface area contributed by atoms with E-state index >= 15 is 0 Å². The smallest absolute Gasteiger partial charge is 0.244 e. The minimum Gasteiger partial charge on any atom is -0.497 e. The molecule has 1 aliphatic rings. The van der Waals surface area contributed by atoms with E-state index < -0.39 is 0 Å². The summed E-state index contributed by atoms with van der Waals surface area (Å²) in [6.45, 7) is 4.99. The molecule has 1 fully saturated rings. The molecule has 1 heterocycles. The summed E-state index contributed by atoms with van der Waals surface area (Å²) >= 11 is 0. The number of ether oxygens (including phenoxy) is 2. The molecule has 0 bridgehead atoms. The van der Waals surface area contributed by atoms with Crippen LogP contribution in [0.1, 0.15) is 24.1 Å². The van der Waals surface area contributed by atoms with Crippen LogP contribution in [-0.2, 0) is 14.3 Å². The van der Waals surface area contributed by atoms with Crippen molar-refractivity contribution in [3.8, 4) is 5.75 Å². The molecule has 7 nitrogen and oxygen atoms in total. The highest BCUT2D eigenvalue weighted by Crippen LogP contribution is 2.23. The molecular formula is C24H29N3O4. The molecule has 2 aromatic carbocycles. The van der Waals surface area contributed by atoms with Crippen molar-refractivity contribution in [1.82, 2.24) is 10.2 Å². The minimum absolute atomic E-state index is 0.0593. The van der Waals surface area contributed by atoms with Gasteiger partial charge in [0, 0.05) is 38.3 Å². The van der Waals surface area contributed by atoms with Crippen LogP contribution in [0.25, 0.3) is 6.08 Å². The summed E-state index contributed by atoms with van der Waals surface area (Å²) in [7, 11) is 1.65. The quantitative estimate of drug-likeness (QED) is 0.639. The van der Waals surface area contributed by atoms with Gasteiger partial charge in [-0.1, -0.05) is 24.3 Å². The lowest BCUT2D eigenvalue weighted by molar-refractivity contribution is -0.117. The van der Waals surface area contributed by atoms with Crippen LogP contribution in [0.2, 0.25) is 0 Å². The summed E-state index contributed by atoms with van der Waals surface area (Å²) in [4.78, 5) is 25.9. The van der Waals surface area contributed by atoms with Gasteiger partial charge < -0.3 is 20.1 Å². The van der Waals surface area contributed by atoms with Gasteiger partial charge in [-0.15, -0.1) is 0 Å². The molecule has 2 N–H and O–H groups in total. The molecule has 3 rings (SSSR count). The molecule has 7 heteroatoms. The van der Waals surface area contributed by atoms with Crippen LogP contribution < -0.4 is 15.4 Å². The average Bonchev–Trinajstić information content (AvgIpc) is 2.79. The fourth-order valence-corrected chi connectivity index (χ4v) is 3.48. The highest BCUT2D eigenvalue weighted by molar-refractivity contribution is 5.92. The first-order chi connectivity index (χ1) is 15.0. The van der Waals surface area contributed by atoms with Gasteiger partial charge in [-0.25, -0.2) is 0 Å². The van der Waals surface area contributed by atoms with Crippen molar-refractivity contribution in [2.45, 2.75) is 13.0 Å². The van der Waals surface area contributed by atoms with Crippen LogP contribution in [-0.4, -0.2) is 56.7 Å². The molecule has 1 unspecified atom stereocenters. The second kappa shape index (κ2) is 11.3. The Morgan fingerprint density at radius 1 is 1.10 bits per heavy atom. The second-order valence-electron chi connectivity index (χ2n) is 7.32. The number of benzene rings is 2. The average molecular weight is 424 g/mol. The van der Waals surface area contributed by atoms with E-state index in [1.807, 2.05) is 36.4 Å². The van der Waals surface area contributed by atoms with E-state index in [2.05, 4.69) is 15.5 Å². The van der Waals surface area contributed by atoms with Gasteiger partial charge in [0.25, 0.3) is 0 Å². The van der Waals surface area contributed by atoms with Gasteiger partial charge in [-0.3, -0.25) is 14.5 Å². The molecule has 31 heavy (non-hydrogen) atoms. The third-order valence-corrected chi connectivity index (χ3v) is 5.11. The number of methoxy groups -OCH3 is 1. The number of hydrogen-bond donors (Lipinski definition) is 2. The summed E-state index contributed by atoms with van der Waals surface area (Å²) in [5.74, 6) is 0.535. The number of hydrogen-bond acceptors (Lipinski definition) is 5. The van der Waals surface area contributed by atoms with Crippen molar-refractivity contribution < 1.29 is 19.1 Å². The van der Waals surface area contributed by atoms with E-state index in [4.69, 9.17) is 9.47 Å². The van der Waals surface area contributed by atoms with Crippen LogP contribution in [0.15, 0.2) is 54.6 Å². The van der Waals surface area contributed by atoms with Crippen LogP contribution in [0.4, 0.5) is 5.69 Å². The molecule has 0 aromatic heterocycles. The van der Waals surface area contributed by atoms with Crippen LogP contribution >= 0.6 is 0 Å². The molecule has 164 valence electrons. The molecule has 1 aliphatic heterocycles. The SMILES string of the molecule is COc1ccc(C(CNC(=O)C=Cc2ccc(NC(C)=O)cc2)N2CCOCC2)cc1. The number of morpholine rings is 1.